The van der Waals surface area contributed by atoms with Crippen molar-refractivity contribution in [2.24, 2.45) is 0 Å². The topological polar surface area (TPSA) is 49.8 Å². The van der Waals surface area contributed by atoms with Crippen molar-refractivity contribution in [2.45, 2.75) is 39.3 Å². The average molecular weight is 283 g/mol. The molecule has 0 aliphatic carbocycles. The summed E-state index contributed by atoms with van der Waals surface area (Å²) >= 11 is 0. The molecule has 0 spiro atoms. The molecule has 0 radical (unpaired) electrons. The molecular formula is C15H22FNO3. The second kappa shape index (κ2) is 7.85. The molecule has 1 rings (SSSR count). The van der Waals surface area contributed by atoms with E-state index in [1.165, 1.54) is 13.2 Å². The average Bonchev–Trinajstić information content (AvgIpc) is 2.37. The molecule has 0 saturated carbocycles. The lowest BCUT2D eigenvalue weighted by Crippen LogP contribution is -2.31. The van der Waals surface area contributed by atoms with Crippen molar-refractivity contribution in [3.8, 4) is 5.75 Å². The van der Waals surface area contributed by atoms with Crippen LogP contribution in [0.1, 0.15) is 32.3 Å². The van der Waals surface area contributed by atoms with Gasteiger partial charge in [-0.1, -0.05) is 6.07 Å². The highest BCUT2D eigenvalue weighted by molar-refractivity contribution is 5.66. The molecule has 20 heavy (non-hydrogen) atoms. The third-order valence-electron chi connectivity index (χ3n) is 3.17. The number of nitrogens with zero attached hydrogens (tertiary/aromatic N) is 1. The number of methoxy groups -OCH3 is 1. The first-order valence-corrected chi connectivity index (χ1v) is 6.72. The molecule has 0 unspecified atom stereocenters. The van der Waals surface area contributed by atoms with Crippen molar-refractivity contribution < 1.29 is 19.0 Å². The van der Waals surface area contributed by atoms with Crippen molar-refractivity contribution in [3.63, 3.8) is 0 Å². The minimum Gasteiger partial charge on any atom is -0.494 e. The Bertz CT molecular complexity index is 449. The van der Waals surface area contributed by atoms with Gasteiger partial charge in [0, 0.05) is 19.0 Å². The fraction of sp³-hybridized carbons (Fsp3) is 0.533. The van der Waals surface area contributed by atoms with Gasteiger partial charge in [0.15, 0.2) is 11.6 Å². The Morgan fingerprint density at radius 3 is 2.65 bits per heavy atom. The predicted molar refractivity (Wildman–Crippen MR) is 75.4 cm³/mol. The Hall–Kier alpha value is -1.62. The van der Waals surface area contributed by atoms with Gasteiger partial charge in [0.1, 0.15) is 0 Å². The van der Waals surface area contributed by atoms with E-state index >= 15 is 0 Å². The van der Waals surface area contributed by atoms with Crippen LogP contribution in [0.5, 0.6) is 5.75 Å². The molecule has 0 heterocycles. The maximum absolute atomic E-state index is 13.6. The lowest BCUT2D eigenvalue weighted by molar-refractivity contribution is -0.137. The zero-order chi connectivity index (χ0) is 15.1. The van der Waals surface area contributed by atoms with E-state index in [9.17, 15) is 9.18 Å². The number of carboxylic acids is 1. The minimum atomic E-state index is -0.788. The second-order valence-corrected chi connectivity index (χ2v) is 5.03. The number of benzene rings is 1. The van der Waals surface area contributed by atoms with Crippen LogP contribution in [0, 0.1) is 5.82 Å². The van der Waals surface area contributed by atoms with Crippen molar-refractivity contribution in [1.82, 2.24) is 4.90 Å². The molecule has 0 aromatic heterocycles. The van der Waals surface area contributed by atoms with Gasteiger partial charge in [-0.3, -0.25) is 9.69 Å². The zero-order valence-corrected chi connectivity index (χ0v) is 12.2. The molecule has 0 fully saturated rings. The first-order chi connectivity index (χ1) is 9.43. The molecule has 5 heteroatoms. The molecule has 0 aliphatic rings. The van der Waals surface area contributed by atoms with Crippen LogP contribution in [-0.4, -0.2) is 35.7 Å². The number of ether oxygens (including phenoxy) is 1. The van der Waals surface area contributed by atoms with E-state index in [1.54, 1.807) is 6.07 Å². The number of carboxylic acid groups (broad SMARTS) is 1. The van der Waals surface area contributed by atoms with Crippen molar-refractivity contribution in [3.05, 3.63) is 29.6 Å². The number of halogens is 1. The van der Waals surface area contributed by atoms with Crippen LogP contribution in [0.3, 0.4) is 0 Å². The van der Waals surface area contributed by atoms with Crippen LogP contribution in [0.2, 0.25) is 0 Å². The normalized spacial score (nSPS) is 11.1. The van der Waals surface area contributed by atoms with Crippen molar-refractivity contribution in [2.75, 3.05) is 13.7 Å². The Balaban J connectivity index is 2.65. The first kappa shape index (κ1) is 16.4. The summed E-state index contributed by atoms with van der Waals surface area (Å²) in [5, 5.41) is 8.67. The molecular weight excluding hydrogens is 261 g/mol. The van der Waals surface area contributed by atoms with Crippen LogP contribution in [0.4, 0.5) is 4.39 Å². The minimum absolute atomic E-state index is 0.153. The molecule has 0 saturated heterocycles. The fourth-order valence-electron chi connectivity index (χ4n) is 2.00. The summed E-state index contributed by atoms with van der Waals surface area (Å²) in [6.07, 6.45) is 0.742. The van der Waals surface area contributed by atoms with E-state index in [0.717, 1.165) is 5.56 Å². The van der Waals surface area contributed by atoms with Crippen molar-refractivity contribution in [1.29, 1.82) is 0 Å². The highest BCUT2D eigenvalue weighted by Crippen LogP contribution is 2.19. The Labute approximate surface area is 119 Å². The number of hydrogen-bond acceptors (Lipinski definition) is 3. The van der Waals surface area contributed by atoms with Crippen LogP contribution >= 0.6 is 0 Å². The molecule has 1 aromatic rings. The lowest BCUT2D eigenvalue weighted by atomic mass is 10.1. The Morgan fingerprint density at radius 2 is 2.15 bits per heavy atom. The molecule has 0 aliphatic heterocycles. The van der Waals surface area contributed by atoms with Gasteiger partial charge in [-0.2, -0.15) is 0 Å². The molecule has 1 aromatic carbocycles. The number of hydrogen-bond donors (Lipinski definition) is 1. The van der Waals surface area contributed by atoms with E-state index in [2.05, 4.69) is 4.90 Å². The number of aliphatic carboxylic acids is 1. The van der Waals surface area contributed by atoms with E-state index < -0.39 is 5.97 Å². The van der Waals surface area contributed by atoms with E-state index in [-0.39, 0.29) is 24.0 Å². The third kappa shape index (κ3) is 5.17. The fourth-order valence-corrected chi connectivity index (χ4v) is 2.00. The molecule has 0 bridgehead atoms. The predicted octanol–water partition coefficient (Wildman–Crippen LogP) is 2.91. The highest BCUT2D eigenvalue weighted by Gasteiger charge is 2.12. The summed E-state index contributed by atoms with van der Waals surface area (Å²) in [7, 11) is 1.43. The van der Waals surface area contributed by atoms with Gasteiger partial charge in [-0.25, -0.2) is 4.39 Å². The second-order valence-electron chi connectivity index (χ2n) is 5.03. The summed E-state index contributed by atoms with van der Waals surface area (Å²) in [4.78, 5) is 12.7. The van der Waals surface area contributed by atoms with Gasteiger partial charge in [0.05, 0.1) is 7.11 Å². The summed E-state index contributed by atoms with van der Waals surface area (Å²) in [6, 6.07) is 5.18. The van der Waals surface area contributed by atoms with Crippen molar-refractivity contribution >= 4 is 5.97 Å². The standard InChI is InChI=1S/C15H22FNO3/c1-11(2)17(8-4-5-15(18)19)10-12-6-7-14(20-3)13(16)9-12/h6-7,9,11H,4-5,8,10H2,1-3H3,(H,18,19). The molecule has 0 atom stereocenters. The van der Waals surface area contributed by atoms with Crippen LogP contribution in [0.25, 0.3) is 0 Å². The quantitative estimate of drug-likeness (QED) is 0.797. The van der Waals surface area contributed by atoms with Gasteiger partial charge >= 0.3 is 5.97 Å². The molecule has 112 valence electrons. The van der Waals surface area contributed by atoms with Crippen LogP contribution in [0.15, 0.2) is 18.2 Å². The van der Waals surface area contributed by atoms with Gasteiger partial charge in [-0.15, -0.1) is 0 Å². The third-order valence-corrected chi connectivity index (χ3v) is 3.17. The first-order valence-electron chi connectivity index (χ1n) is 6.72. The summed E-state index contributed by atoms with van der Waals surface area (Å²) in [5.41, 5.74) is 0.854. The maximum Gasteiger partial charge on any atom is 0.303 e. The SMILES string of the molecule is COc1ccc(CN(CCCC(=O)O)C(C)C)cc1F. The summed E-state index contributed by atoms with van der Waals surface area (Å²) in [5.74, 6) is -0.931. The number of rotatable bonds is 8. The highest BCUT2D eigenvalue weighted by atomic mass is 19.1. The van der Waals surface area contributed by atoms with Crippen LogP contribution in [-0.2, 0) is 11.3 Å². The number of carbonyl (C=O) groups is 1. The molecule has 0 amide bonds. The smallest absolute Gasteiger partial charge is 0.303 e. The van der Waals surface area contributed by atoms with Gasteiger partial charge < -0.3 is 9.84 Å². The van der Waals surface area contributed by atoms with Gasteiger partial charge in [0.2, 0.25) is 0 Å². The van der Waals surface area contributed by atoms with Gasteiger partial charge in [0.25, 0.3) is 0 Å². The maximum atomic E-state index is 13.6. The monoisotopic (exact) mass is 283 g/mol. The Kier molecular flexibility index (Phi) is 6.45. The van der Waals surface area contributed by atoms with E-state index in [0.29, 0.717) is 19.5 Å². The zero-order valence-electron chi connectivity index (χ0n) is 12.2. The van der Waals surface area contributed by atoms with Crippen LogP contribution < -0.4 is 4.74 Å². The largest absolute Gasteiger partial charge is 0.494 e. The summed E-state index contributed by atoms with van der Waals surface area (Å²) in [6.45, 7) is 5.36. The van der Waals surface area contributed by atoms with Gasteiger partial charge in [-0.05, 0) is 44.5 Å². The summed E-state index contributed by atoms with van der Waals surface area (Å²) < 4.78 is 18.5. The van der Waals surface area contributed by atoms with E-state index in [4.69, 9.17) is 9.84 Å². The van der Waals surface area contributed by atoms with E-state index in [1.807, 2.05) is 19.9 Å². The lowest BCUT2D eigenvalue weighted by Gasteiger charge is -2.26. The Morgan fingerprint density at radius 1 is 1.45 bits per heavy atom. The molecule has 1 N–H and O–H groups in total. The molecule has 4 nitrogen and oxygen atoms in total.